The second-order valence-corrected chi connectivity index (χ2v) is 7.66. The molecule has 1 aromatic carbocycles. The predicted molar refractivity (Wildman–Crippen MR) is 100 cm³/mol. The van der Waals surface area contributed by atoms with Gasteiger partial charge in [-0.2, -0.15) is 0 Å². The van der Waals surface area contributed by atoms with E-state index in [1.54, 1.807) is 0 Å². The molecule has 0 spiro atoms. The number of anilines is 1. The molecule has 0 unspecified atom stereocenters. The number of amides is 2. The molecule has 0 saturated carbocycles. The normalized spacial score (nSPS) is 26.3. The summed E-state index contributed by atoms with van der Waals surface area (Å²) in [6.07, 6.45) is 3.37. The Labute approximate surface area is 159 Å². The number of nitrogens with zero attached hydrogens (tertiary/aromatic N) is 1. The quantitative estimate of drug-likeness (QED) is 0.716. The minimum Gasteiger partial charge on any atom is -0.389 e. The van der Waals surface area contributed by atoms with Gasteiger partial charge in [-0.05, 0) is 30.9 Å². The van der Waals surface area contributed by atoms with Gasteiger partial charge in [-0.1, -0.05) is 12.1 Å². The molecule has 2 fully saturated rings. The fourth-order valence-corrected chi connectivity index (χ4v) is 4.12. The second-order valence-electron chi connectivity index (χ2n) is 7.66. The highest BCUT2D eigenvalue weighted by Crippen LogP contribution is 2.39. The van der Waals surface area contributed by atoms with E-state index in [1.807, 2.05) is 17.0 Å². The number of likely N-dealkylation sites (tertiary alicyclic amines) is 1. The molecule has 3 aliphatic heterocycles. The number of hydrogen-bond donors (Lipinski definition) is 3. The molecule has 0 aliphatic carbocycles. The van der Waals surface area contributed by atoms with Gasteiger partial charge >= 0.3 is 0 Å². The molecule has 2 saturated heterocycles. The van der Waals surface area contributed by atoms with Crippen LogP contribution in [-0.2, 0) is 20.7 Å². The number of rotatable bonds is 5. The van der Waals surface area contributed by atoms with Crippen LogP contribution in [0.2, 0.25) is 0 Å². The van der Waals surface area contributed by atoms with Gasteiger partial charge < -0.3 is 25.4 Å². The molecule has 146 valence electrons. The third-order valence-electron chi connectivity index (χ3n) is 5.74. The van der Waals surface area contributed by atoms with E-state index in [4.69, 9.17) is 4.74 Å². The Morgan fingerprint density at radius 3 is 2.93 bits per heavy atom. The molecule has 2 amide bonds. The van der Waals surface area contributed by atoms with Crippen molar-refractivity contribution in [1.29, 1.82) is 0 Å². The lowest BCUT2D eigenvalue weighted by atomic mass is 9.88. The molecule has 2 bridgehead atoms. The number of ether oxygens (including phenoxy) is 1. The van der Waals surface area contributed by atoms with Crippen molar-refractivity contribution in [3.05, 3.63) is 29.3 Å². The zero-order valence-corrected chi connectivity index (χ0v) is 15.4. The summed E-state index contributed by atoms with van der Waals surface area (Å²) >= 11 is 0. The monoisotopic (exact) mass is 373 g/mol. The van der Waals surface area contributed by atoms with Crippen LogP contribution in [0.25, 0.3) is 0 Å². The van der Waals surface area contributed by atoms with Gasteiger partial charge in [-0.3, -0.25) is 9.59 Å². The van der Waals surface area contributed by atoms with Gasteiger partial charge in [0, 0.05) is 37.2 Å². The maximum Gasteiger partial charge on any atom is 0.241 e. The second kappa shape index (κ2) is 7.86. The molecule has 3 heterocycles. The smallest absolute Gasteiger partial charge is 0.241 e. The molecule has 1 aromatic rings. The van der Waals surface area contributed by atoms with E-state index in [-0.39, 0.29) is 30.5 Å². The zero-order chi connectivity index (χ0) is 18.8. The molecule has 3 atom stereocenters. The minimum absolute atomic E-state index is 0.00140. The van der Waals surface area contributed by atoms with Gasteiger partial charge in [0.2, 0.25) is 11.8 Å². The lowest BCUT2D eigenvalue weighted by molar-refractivity contribution is -0.132. The predicted octanol–water partition coefficient (Wildman–Crippen LogP) is 0.974. The molecule has 0 aromatic heterocycles. The Bertz CT molecular complexity index is 717. The van der Waals surface area contributed by atoms with Gasteiger partial charge in [0.1, 0.15) is 0 Å². The van der Waals surface area contributed by atoms with Crippen LogP contribution < -0.4 is 10.6 Å². The van der Waals surface area contributed by atoms with Gasteiger partial charge in [-0.25, -0.2) is 0 Å². The number of aliphatic hydroxyl groups excluding tert-OH is 1. The Balaban J connectivity index is 1.29. The summed E-state index contributed by atoms with van der Waals surface area (Å²) in [6.45, 7) is 2.05. The van der Waals surface area contributed by atoms with E-state index in [9.17, 15) is 14.7 Å². The number of aryl methyl sites for hydroxylation is 1. The van der Waals surface area contributed by atoms with Crippen molar-refractivity contribution >= 4 is 17.5 Å². The van der Waals surface area contributed by atoms with Crippen LogP contribution in [0.15, 0.2) is 18.2 Å². The first kappa shape index (κ1) is 18.3. The molecule has 7 heteroatoms. The van der Waals surface area contributed by atoms with Crippen molar-refractivity contribution in [2.24, 2.45) is 0 Å². The van der Waals surface area contributed by atoms with E-state index in [0.717, 1.165) is 49.2 Å². The zero-order valence-electron chi connectivity index (χ0n) is 15.4. The number of hydrogen-bond acceptors (Lipinski definition) is 5. The number of fused-ring (bicyclic) bond motifs is 4. The lowest BCUT2D eigenvalue weighted by Crippen LogP contribution is -2.45. The number of aliphatic hydroxyl groups is 1. The van der Waals surface area contributed by atoms with E-state index in [2.05, 4.69) is 16.7 Å². The van der Waals surface area contributed by atoms with E-state index >= 15 is 0 Å². The average Bonchev–Trinajstić information content (AvgIpc) is 3.22. The van der Waals surface area contributed by atoms with Crippen LogP contribution in [0, 0.1) is 0 Å². The summed E-state index contributed by atoms with van der Waals surface area (Å²) < 4.78 is 5.77. The highest BCUT2D eigenvalue weighted by molar-refractivity contribution is 5.84. The van der Waals surface area contributed by atoms with Crippen molar-refractivity contribution in [2.75, 3.05) is 31.6 Å². The number of nitrogens with one attached hydrogen (secondary N) is 2. The standard InChI is InChI=1S/C20H27N3O4/c24-17-12-27-18-10-16(17)22-15-5-3-13(9-14(15)18)4-6-19(25)21-11-20(26)23-7-1-2-8-23/h3,5,9,16-18,22,24H,1-2,4,6-8,10-12H2,(H,21,25)/t16-,17+,18-/m0/s1. The minimum atomic E-state index is -0.471. The summed E-state index contributed by atoms with van der Waals surface area (Å²) in [5.74, 6) is -0.0950. The summed E-state index contributed by atoms with van der Waals surface area (Å²) in [5, 5.41) is 16.1. The number of carbonyl (C=O) groups excluding carboxylic acids is 2. The third-order valence-corrected chi connectivity index (χ3v) is 5.74. The van der Waals surface area contributed by atoms with E-state index < -0.39 is 6.10 Å². The van der Waals surface area contributed by atoms with Crippen molar-refractivity contribution in [3.8, 4) is 0 Å². The number of carbonyl (C=O) groups is 2. The van der Waals surface area contributed by atoms with Crippen LogP contribution in [0.3, 0.4) is 0 Å². The summed E-state index contributed by atoms with van der Waals surface area (Å²) in [4.78, 5) is 25.9. The highest BCUT2D eigenvalue weighted by Gasteiger charge is 2.36. The Morgan fingerprint density at radius 2 is 2.11 bits per heavy atom. The summed E-state index contributed by atoms with van der Waals surface area (Å²) in [6, 6.07) is 6.13. The SMILES string of the molecule is O=C(CCc1ccc2c(c1)[C@@H]1C[C@H](N2)[C@H](O)CO1)NCC(=O)N1CCCC1. The van der Waals surface area contributed by atoms with Crippen LogP contribution >= 0.6 is 0 Å². The lowest BCUT2D eigenvalue weighted by Gasteiger charge is -2.40. The Morgan fingerprint density at radius 1 is 1.30 bits per heavy atom. The third kappa shape index (κ3) is 4.09. The maximum atomic E-state index is 12.1. The van der Waals surface area contributed by atoms with Crippen LogP contribution in [-0.4, -0.2) is 60.2 Å². The first-order chi connectivity index (χ1) is 13.1. The fraction of sp³-hybridized carbons (Fsp3) is 0.600. The summed E-state index contributed by atoms with van der Waals surface area (Å²) in [5.41, 5.74) is 3.17. The van der Waals surface area contributed by atoms with Crippen molar-refractivity contribution in [2.45, 2.75) is 50.4 Å². The van der Waals surface area contributed by atoms with Crippen LogP contribution in [0.1, 0.15) is 42.9 Å². The molecule has 7 nitrogen and oxygen atoms in total. The molecule has 27 heavy (non-hydrogen) atoms. The molecule has 0 radical (unpaired) electrons. The first-order valence-electron chi connectivity index (χ1n) is 9.83. The van der Waals surface area contributed by atoms with E-state index in [1.165, 1.54) is 0 Å². The van der Waals surface area contributed by atoms with Crippen molar-refractivity contribution < 1.29 is 19.4 Å². The molecular formula is C20H27N3O4. The average molecular weight is 373 g/mol. The van der Waals surface area contributed by atoms with E-state index in [0.29, 0.717) is 19.4 Å². The summed E-state index contributed by atoms with van der Waals surface area (Å²) in [7, 11) is 0. The topological polar surface area (TPSA) is 90.9 Å². The highest BCUT2D eigenvalue weighted by atomic mass is 16.5. The molecule has 4 rings (SSSR count). The molecular weight excluding hydrogens is 346 g/mol. The Kier molecular flexibility index (Phi) is 5.31. The maximum absolute atomic E-state index is 12.1. The van der Waals surface area contributed by atoms with Gasteiger partial charge in [0.15, 0.2) is 0 Å². The largest absolute Gasteiger partial charge is 0.389 e. The van der Waals surface area contributed by atoms with Crippen molar-refractivity contribution in [3.63, 3.8) is 0 Å². The number of benzene rings is 1. The fourth-order valence-electron chi connectivity index (χ4n) is 4.12. The van der Waals surface area contributed by atoms with Crippen molar-refractivity contribution in [1.82, 2.24) is 10.2 Å². The van der Waals surface area contributed by atoms with Crippen LogP contribution in [0.5, 0.6) is 0 Å². The Hall–Kier alpha value is -2.12. The first-order valence-corrected chi connectivity index (χ1v) is 9.83. The van der Waals surface area contributed by atoms with Gasteiger partial charge in [0.05, 0.1) is 31.4 Å². The molecule has 3 N–H and O–H groups in total. The van der Waals surface area contributed by atoms with Gasteiger partial charge in [0.25, 0.3) is 0 Å². The molecule has 3 aliphatic rings. The van der Waals surface area contributed by atoms with Gasteiger partial charge in [-0.15, -0.1) is 0 Å². The van der Waals surface area contributed by atoms with Crippen LogP contribution in [0.4, 0.5) is 5.69 Å².